The van der Waals surface area contributed by atoms with Crippen molar-refractivity contribution in [3.8, 4) is 22.5 Å². The summed E-state index contributed by atoms with van der Waals surface area (Å²) in [5.41, 5.74) is 5.85. The van der Waals surface area contributed by atoms with Crippen LogP contribution in [0.15, 0.2) is 121 Å². The molecule has 8 aromatic rings. The first kappa shape index (κ1) is 20.6. The summed E-state index contributed by atoms with van der Waals surface area (Å²) in [6.07, 6.45) is 0. The zero-order valence-electron chi connectivity index (χ0n) is 19.8. The van der Waals surface area contributed by atoms with Gasteiger partial charge in [0, 0.05) is 36.7 Å². The van der Waals surface area contributed by atoms with Crippen LogP contribution in [0.5, 0.6) is 0 Å². The Hall–Kier alpha value is -4.60. The molecule has 0 aliphatic heterocycles. The predicted molar refractivity (Wildman–Crippen MR) is 158 cm³/mol. The summed E-state index contributed by atoms with van der Waals surface area (Å²) in [5.74, 6) is 0. The first-order chi connectivity index (χ1) is 18.3. The highest BCUT2D eigenvalue weighted by molar-refractivity contribution is 7.25. The molecule has 0 N–H and O–H groups in total. The highest BCUT2D eigenvalue weighted by atomic mass is 32.1. The van der Waals surface area contributed by atoms with Crippen molar-refractivity contribution in [1.29, 1.82) is 0 Å². The second kappa shape index (κ2) is 7.95. The third-order valence-electron chi connectivity index (χ3n) is 7.24. The molecule has 0 amide bonds. The Kier molecular flexibility index (Phi) is 4.42. The quantitative estimate of drug-likeness (QED) is 0.226. The summed E-state index contributed by atoms with van der Waals surface area (Å²) in [4.78, 5) is 10.6. The molecule has 0 saturated carbocycles. The zero-order chi connectivity index (χ0) is 24.3. The Morgan fingerprint density at radius 1 is 0.459 bits per heavy atom. The van der Waals surface area contributed by atoms with Crippen molar-refractivity contribution in [3.63, 3.8) is 0 Å². The molecule has 2 aromatic heterocycles. The van der Waals surface area contributed by atoms with Gasteiger partial charge in [-0.3, -0.25) is 0 Å². The number of hydrogen-bond donors (Lipinski definition) is 0. The average Bonchev–Trinajstić information content (AvgIpc) is 3.33. The van der Waals surface area contributed by atoms with Crippen LogP contribution >= 0.6 is 11.3 Å². The van der Waals surface area contributed by atoms with Gasteiger partial charge in [0.2, 0.25) is 0 Å². The molecule has 0 saturated heterocycles. The summed E-state index contributed by atoms with van der Waals surface area (Å²) in [6.45, 7) is 0. The maximum atomic E-state index is 5.29. The number of aromatic nitrogens is 2. The second-order valence-electron chi connectivity index (χ2n) is 9.41. The Bertz CT molecular complexity index is 2140. The fourth-order valence-electron chi connectivity index (χ4n) is 5.48. The molecule has 0 aliphatic carbocycles. The van der Waals surface area contributed by atoms with Gasteiger partial charge in [-0.25, -0.2) is 9.97 Å². The van der Waals surface area contributed by atoms with Crippen molar-refractivity contribution in [3.05, 3.63) is 121 Å². The Labute approximate surface area is 217 Å². The van der Waals surface area contributed by atoms with Crippen LogP contribution in [0.1, 0.15) is 0 Å². The van der Waals surface area contributed by atoms with E-state index in [0.29, 0.717) is 0 Å². The maximum absolute atomic E-state index is 5.29. The SMILES string of the molecule is c1ccc(-c2nc3c(ccc4ccccc43)nc2-c2cccc3cc4c(cc23)sc2ccccc24)cc1. The minimum Gasteiger partial charge on any atom is -0.244 e. The Balaban J connectivity index is 1.48. The predicted octanol–water partition coefficient (Wildman–Crippen LogP) is 9.64. The van der Waals surface area contributed by atoms with Crippen molar-refractivity contribution in [2.75, 3.05) is 0 Å². The van der Waals surface area contributed by atoms with Crippen molar-refractivity contribution in [1.82, 2.24) is 9.97 Å². The van der Waals surface area contributed by atoms with E-state index in [2.05, 4.69) is 115 Å². The van der Waals surface area contributed by atoms with Gasteiger partial charge in [0.05, 0.1) is 22.4 Å². The molecule has 0 atom stereocenters. The molecule has 2 heterocycles. The maximum Gasteiger partial charge on any atom is 0.0979 e. The molecule has 6 aromatic carbocycles. The first-order valence-electron chi connectivity index (χ1n) is 12.4. The van der Waals surface area contributed by atoms with Gasteiger partial charge in [-0.15, -0.1) is 11.3 Å². The summed E-state index contributed by atoms with van der Waals surface area (Å²) in [5, 5.41) is 7.34. The molecule has 172 valence electrons. The molecule has 0 bridgehead atoms. The van der Waals surface area contributed by atoms with Gasteiger partial charge < -0.3 is 0 Å². The monoisotopic (exact) mass is 488 g/mol. The third-order valence-corrected chi connectivity index (χ3v) is 8.37. The van der Waals surface area contributed by atoms with E-state index in [1.807, 2.05) is 17.4 Å². The molecule has 0 radical (unpaired) electrons. The minimum absolute atomic E-state index is 0.910. The smallest absolute Gasteiger partial charge is 0.0979 e. The van der Waals surface area contributed by atoms with Crippen LogP contribution in [0.4, 0.5) is 0 Å². The first-order valence-corrected chi connectivity index (χ1v) is 13.2. The van der Waals surface area contributed by atoms with Crippen molar-refractivity contribution >= 4 is 64.1 Å². The summed E-state index contributed by atoms with van der Waals surface area (Å²) >= 11 is 1.85. The number of thiophene rings is 1. The molecule has 2 nitrogen and oxygen atoms in total. The van der Waals surface area contributed by atoms with E-state index in [0.717, 1.165) is 38.9 Å². The molecular weight excluding hydrogens is 468 g/mol. The van der Waals surface area contributed by atoms with E-state index in [4.69, 9.17) is 9.97 Å². The molecular formula is C34H20N2S. The lowest BCUT2D eigenvalue weighted by Crippen LogP contribution is -1.97. The highest BCUT2D eigenvalue weighted by Gasteiger charge is 2.17. The second-order valence-corrected chi connectivity index (χ2v) is 10.5. The third kappa shape index (κ3) is 3.18. The van der Waals surface area contributed by atoms with E-state index in [1.54, 1.807) is 0 Å². The zero-order valence-corrected chi connectivity index (χ0v) is 20.7. The highest BCUT2D eigenvalue weighted by Crippen LogP contribution is 2.41. The van der Waals surface area contributed by atoms with Gasteiger partial charge in [0.15, 0.2) is 0 Å². The van der Waals surface area contributed by atoms with Crippen LogP contribution in [-0.2, 0) is 0 Å². The number of rotatable bonds is 2. The molecule has 0 fully saturated rings. The lowest BCUT2D eigenvalue weighted by Gasteiger charge is -2.14. The van der Waals surface area contributed by atoms with Crippen LogP contribution < -0.4 is 0 Å². The van der Waals surface area contributed by atoms with Crippen molar-refractivity contribution in [2.24, 2.45) is 0 Å². The van der Waals surface area contributed by atoms with Gasteiger partial charge in [-0.1, -0.05) is 97.1 Å². The van der Waals surface area contributed by atoms with E-state index in [1.165, 1.54) is 36.3 Å². The Morgan fingerprint density at radius 3 is 2.16 bits per heavy atom. The van der Waals surface area contributed by atoms with E-state index in [9.17, 15) is 0 Å². The lowest BCUT2D eigenvalue weighted by molar-refractivity contribution is 1.30. The van der Waals surface area contributed by atoms with Crippen LogP contribution in [0, 0.1) is 0 Å². The van der Waals surface area contributed by atoms with Crippen LogP contribution in [0.25, 0.3) is 75.3 Å². The van der Waals surface area contributed by atoms with Gasteiger partial charge in [0.25, 0.3) is 0 Å². The fraction of sp³-hybridized carbons (Fsp3) is 0. The van der Waals surface area contributed by atoms with Gasteiger partial charge in [0.1, 0.15) is 0 Å². The summed E-state index contributed by atoms with van der Waals surface area (Å²) in [6, 6.07) is 42.9. The number of fused-ring (bicyclic) bond motifs is 7. The molecule has 0 spiro atoms. The van der Waals surface area contributed by atoms with E-state index in [-0.39, 0.29) is 0 Å². The minimum atomic E-state index is 0.910. The van der Waals surface area contributed by atoms with E-state index < -0.39 is 0 Å². The van der Waals surface area contributed by atoms with Crippen molar-refractivity contribution < 1.29 is 0 Å². The van der Waals surface area contributed by atoms with Gasteiger partial charge in [-0.2, -0.15) is 0 Å². The molecule has 37 heavy (non-hydrogen) atoms. The lowest BCUT2D eigenvalue weighted by atomic mass is 9.96. The molecule has 8 rings (SSSR count). The number of nitrogens with zero attached hydrogens (tertiary/aromatic N) is 2. The van der Waals surface area contributed by atoms with Gasteiger partial charge >= 0.3 is 0 Å². The van der Waals surface area contributed by atoms with Crippen LogP contribution in [0.2, 0.25) is 0 Å². The molecule has 0 aliphatic rings. The Morgan fingerprint density at radius 2 is 1.24 bits per heavy atom. The number of benzene rings is 6. The van der Waals surface area contributed by atoms with Crippen LogP contribution in [-0.4, -0.2) is 9.97 Å². The topological polar surface area (TPSA) is 25.8 Å². The largest absolute Gasteiger partial charge is 0.244 e. The molecule has 3 heteroatoms. The molecule has 0 unspecified atom stereocenters. The fourth-order valence-corrected chi connectivity index (χ4v) is 6.61. The summed E-state index contributed by atoms with van der Waals surface area (Å²) in [7, 11) is 0. The van der Waals surface area contributed by atoms with Gasteiger partial charge in [-0.05, 0) is 40.4 Å². The van der Waals surface area contributed by atoms with E-state index >= 15 is 0 Å². The van der Waals surface area contributed by atoms with Crippen molar-refractivity contribution in [2.45, 2.75) is 0 Å². The standard InChI is InChI=1S/C34H20N2S/c1-2-10-22(11-3-1)32-34(35-29-18-17-21-9-4-5-13-24(21)33(29)36-32)26-15-8-12-23-19-28-25-14-6-7-16-30(25)37-31(28)20-27(23)26/h1-20H. The van der Waals surface area contributed by atoms with Crippen LogP contribution in [0.3, 0.4) is 0 Å². The normalized spacial score (nSPS) is 11.8. The average molecular weight is 489 g/mol. The number of hydrogen-bond acceptors (Lipinski definition) is 3. The summed E-state index contributed by atoms with van der Waals surface area (Å²) < 4.78 is 2.61.